The third kappa shape index (κ3) is 4.35. The maximum Gasteiger partial charge on any atom is 0.282 e. The van der Waals surface area contributed by atoms with Crippen LogP contribution in [-0.2, 0) is 12.3 Å². The fraction of sp³-hybridized carbons (Fsp3) is 0.158. The van der Waals surface area contributed by atoms with Crippen molar-refractivity contribution in [2.24, 2.45) is 0 Å². The van der Waals surface area contributed by atoms with E-state index in [9.17, 15) is 4.79 Å². The maximum atomic E-state index is 12.2. The average Bonchev–Trinajstić information content (AvgIpc) is 3.31. The lowest BCUT2D eigenvalue weighted by molar-refractivity contribution is 0.0950. The van der Waals surface area contributed by atoms with E-state index >= 15 is 0 Å². The molecule has 2 aromatic heterocycles. The first kappa shape index (κ1) is 17.7. The first-order valence-corrected chi connectivity index (χ1v) is 10.2. The molecule has 4 aromatic rings. The smallest absolute Gasteiger partial charge is 0.282 e. The zero-order chi connectivity index (χ0) is 18.6. The molecule has 0 aliphatic heterocycles. The molecule has 0 bridgehead atoms. The Morgan fingerprint density at radius 1 is 1.19 bits per heavy atom. The minimum Gasteiger partial charge on any atom is -0.346 e. The number of benzene rings is 2. The van der Waals surface area contributed by atoms with Crippen molar-refractivity contribution in [1.29, 1.82) is 0 Å². The van der Waals surface area contributed by atoms with Crippen LogP contribution in [-0.4, -0.2) is 26.1 Å². The van der Waals surface area contributed by atoms with Gasteiger partial charge in [-0.15, -0.1) is 10.2 Å². The molecule has 4 rings (SSSR count). The number of aryl methyl sites for hydroxylation is 1. The number of nitrogens with one attached hydrogen (secondary N) is 2. The molecule has 8 heteroatoms. The Morgan fingerprint density at radius 3 is 2.89 bits per heavy atom. The second kappa shape index (κ2) is 7.89. The monoisotopic (exact) mass is 395 g/mol. The summed E-state index contributed by atoms with van der Waals surface area (Å²) in [4.78, 5) is 20.1. The minimum absolute atomic E-state index is 0.202. The summed E-state index contributed by atoms with van der Waals surface area (Å²) in [7, 11) is 0. The van der Waals surface area contributed by atoms with Crippen molar-refractivity contribution in [1.82, 2.24) is 25.5 Å². The number of imidazole rings is 1. The van der Waals surface area contributed by atoms with Crippen molar-refractivity contribution < 1.29 is 4.79 Å². The number of carbonyl (C=O) groups is 1. The normalized spacial score (nSPS) is 11.0. The number of hydrogen-bond acceptors (Lipinski definition) is 6. The summed E-state index contributed by atoms with van der Waals surface area (Å²) in [6.07, 6.45) is 0. The molecule has 2 heterocycles. The number of hydrogen-bond donors (Lipinski definition) is 2. The van der Waals surface area contributed by atoms with Crippen molar-refractivity contribution >= 4 is 40.0 Å². The molecule has 0 radical (unpaired) electrons. The van der Waals surface area contributed by atoms with Crippen LogP contribution >= 0.6 is 23.1 Å². The predicted molar refractivity (Wildman–Crippen MR) is 108 cm³/mol. The zero-order valence-corrected chi connectivity index (χ0v) is 16.2. The van der Waals surface area contributed by atoms with E-state index in [1.807, 2.05) is 42.5 Å². The van der Waals surface area contributed by atoms with Gasteiger partial charge >= 0.3 is 0 Å². The minimum atomic E-state index is -0.202. The van der Waals surface area contributed by atoms with Crippen molar-refractivity contribution in [3.05, 3.63) is 69.7 Å². The molecule has 0 aliphatic rings. The number of H-pyrrole nitrogens is 1. The average molecular weight is 396 g/mol. The van der Waals surface area contributed by atoms with E-state index in [4.69, 9.17) is 0 Å². The molecule has 2 aromatic carbocycles. The van der Waals surface area contributed by atoms with Gasteiger partial charge in [0.1, 0.15) is 5.01 Å². The highest BCUT2D eigenvalue weighted by Gasteiger charge is 2.13. The molecule has 2 N–H and O–H groups in total. The molecule has 0 unspecified atom stereocenters. The summed E-state index contributed by atoms with van der Waals surface area (Å²) in [5, 5.41) is 13.0. The van der Waals surface area contributed by atoms with Gasteiger partial charge in [0.15, 0.2) is 5.16 Å². The SMILES string of the molecule is Cc1ccc2nc(SCc3nnc(C(=O)NCc4ccccc4)s3)[nH]c2c1. The quantitative estimate of drug-likeness (QED) is 0.483. The van der Waals surface area contributed by atoms with Gasteiger partial charge in [-0.1, -0.05) is 59.5 Å². The largest absolute Gasteiger partial charge is 0.346 e. The number of fused-ring (bicyclic) bond motifs is 1. The number of thioether (sulfide) groups is 1. The molecular formula is C19H17N5OS2. The Kier molecular flexibility index (Phi) is 5.17. The second-order valence-corrected chi connectivity index (χ2v) is 8.05. The zero-order valence-electron chi connectivity index (χ0n) is 14.6. The first-order chi connectivity index (χ1) is 13.2. The van der Waals surface area contributed by atoms with Crippen LogP contribution in [0.3, 0.4) is 0 Å². The van der Waals surface area contributed by atoms with Crippen molar-refractivity contribution in [3.8, 4) is 0 Å². The highest BCUT2D eigenvalue weighted by molar-refractivity contribution is 7.98. The van der Waals surface area contributed by atoms with Crippen LogP contribution in [0.1, 0.15) is 25.9 Å². The van der Waals surface area contributed by atoms with E-state index in [1.165, 1.54) is 16.9 Å². The molecule has 0 atom stereocenters. The highest BCUT2D eigenvalue weighted by atomic mass is 32.2. The van der Waals surface area contributed by atoms with Gasteiger partial charge in [0.05, 0.1) is 16.8 Å². The van der Waals surface area contributed by atoms with Gasteiger partial charge in [-0.3, -0.25) is 4.79 Å². The number of nitrogens with zero attached hydrogens (tertiary/aromatic N) is 3. The van der Waals surface area contributed by atoms with Crippen LogP contribution in [0, 0.1) is 6.92 Å². The summed E-state index contributed by atoms with van der Waals surface area (Å²) >= 11 is 2.86. The third-order valence-electron chi connectivity index (χ3n) is 3.91. The Labute approximate surface area is 164 Å². The van der Waals surface area contributed by atoms with E-state index in [0.29, 0.717) is 17.3 Å². The molecule has 6 nitrogen and oxygen atoms in total. The van der Waals surface area contributed by atoms with Gasteiger partial charge in [0.2, 0.25) is 5.01 Å². The molecule has 27 heavy (non-hydrogen) atoms. The fourth-order valence-electron chi connectivity index (χ4n) is 2.56. The Bertz CT molecular complexity index is 1070. The van der Waals surface area contributed by atoms with Crippen LogP contribution in [0.15, 0.2) is 53.7 Å². The van der Waals surface area contributed by atoms with Crippen LogP contribution in [0.4, 0.5) is 0 Å². The van der Waals surface area contributed by atoms with E-state index in [0.717, 1.165) is 26.8 Å². The molecule has 0 saturated heterocycles. The van der Waals surface area contributed by atoms with Crippen molar-refractivity contribution in [3.63, 3.8) is 0 Å². The summed E-state index contributed by atoms with van der Waals surface area (Å²) in [6.45, 7) is 2.53. The number of rotatable bonds is 6. The maximum absolute atomic E-state index is 12.2. The van der Waals surface area contributed by atoms with Gasteiger partial charge < -0.3 is 10.3 Å². The molecule has 0 spiro atoms. The lowest BCUT2D eigenvalue weighted by atomic mass is 10.2. The summed E-state index contributed by atoms with van der Waals surface area (Å²) in [6, 6.07) is 15.9. The van der Waals surface area contributed by atoms with Gasteiger partial charge in [0, 0.05) is 6.54 Å². The Balaban J connectivity index is 1.35. The second-order valence-electron chi connectivity index (χ2n) is 6.02. The molecule has 136 valence electrons. The Morgan fingerprint density at radius 2 is 2.04 bits per heavy atom. The first-order valence-electron chi connectivity index (χ1n) is 8.41. The molecule has 1 amide bonds. The predicted octanol–water partition coefficient (Wildman–Crippen LogP) is 3.95. The van der Waals surface area contributed by atoms with Crippen molar-refractivity contribution in [2.45, 2.75) is 24.4 Å². The van der Waals surface area contributed by atoms with E-state index in [1.54, 1.807) is 11.8 Å². The number of amides is 1. The number of aromatic nitrogens is 4. The summed E-state index contributed by atoms with van der Waals surface area (Å²) < 4.78 is 0. The van der Waals surface area contributed by atoms with E-state index < -0.39 is 0 Å². The van der Waals surface area contributed by atoms with Gasteiger partial charge in [-0.05, 0) is 30.2 Å². The van der Waals surface area contributed by atoms with Gasteiger partial charge in [0.25, 0.3) is 5.91 Å². The van der Waals surface area contributed by atoms with Crippen LogP contribution in [0.25, 0.3) is 11.0 Å². The molecule has 0 fully saturated rings. The van der Waals surface area contributed by atoms with Crippen molar-refractivity contribution in [2.75, 3.05) is 0 Å². The highest BCUT2D eigenvalue weighted by Crippen LogP contribution is 2.25. The molecular weight excluding hydrogens is 378 g/mol. The van der Waals surface area contributed by atoms with Crippen LogP contribution < -0.4 is 5.32 Å². The van der Waals surface area contributed by atoms with E-state index in [2.05, 4.69) is 38.5 Å². The third-order valence-corrected chi connectivity index (χ3v) is 5.89. The van der Waals surface area contributed by atoms with Crippen LogP contribution in [0.5, 0.6) is 0 Å². The van der Waals surface area contributed by atoms with Gasteiger partial charge in [-0.2, -0.15) is 0 Å². The lowest BCUT2D eigenvalue weighted by Gasteiger charge is -2.01. The summed E-state index contributed by atoms with van der Waals surface area (Å²) in [5.41, 5.74) is 4.21. The van der Waals surface area contributed by atoms with E-state index in [-0.39, 0.29) is 5.91 Å². The van der Waals surface area contributed by atoms with Crippen LogP contribution in [0.2, 0.25) is 0 Å². The standard InChI is InChI=1S/C19H17N5OS2/c1-12-7-8-14-15(9-12)22-19(21-14)26-11-16-23-24-18(27-16)17(25)20-10-13-5-3-2-4-6-13/h2-9H,10-11H2,1H3,(H,20,25)(H,21,22). The fourth-order valence-corrected chi connectivity index (χ4v) is 4.18. The summed E-state index contributed by atoms with van der Waals surface area (Å²) in [5.74, 6) is 0.412. The molecule has 0 aliphatic carbocycles. The number of aromatic amines is 1. The lowest BCUT2D eigenvalue weighted by Crippen LogP contribution is -2.22. The molecule has 0 saturated carbocycles. The Hall–Kier alpha value is -2.71. The number of carbonyl (C=O) groups excluding carboxylic acids is 1. The topological polar surface area (TPSA) is 83.6 Å². The van der Waals surface area contributed by atoms with Gasteiger partial charge in [-0.25, -0.2) is 4.98 Å².